The Morgan fingerprint density at radius 1 is 1.33 bits per heavy atom. The summed E-state index contributed by atoms with van der Waals surface area (Å²) in [6.07, 6.45) is 0.729. The van der Waals surface area contributed by atoms with E-state index in [0.717, 1.165) is 6.42 Å². The third kappa shape index (κ3) is 4.00. The number of sulfonamides is 2. The molecular weight excluding hydrogens is 354 g/mol. The van der Waals surface area contributed by atoms with Crippen LogP contribution in [0.1, 0.15) is 13.3 Å². The molecule has 0 aliphatic carbocycles. The maximum Gasteiger partial charge on any atom is 0.246 e. The molecule has 24 heavy (non-hydrogen) atoms. The third-order valence-corrected chi connectivity index (χ3v) is 7.23. The second kappa shape index (κ2) is 7.26. The largest absolute Gasteiger partial charge is 0.495 e. The lowest BCUT2D eigenvalue weighted by Crippen LogP contribution is -2.30. The maximum atomic E-state index is 12.8. The van der Waals surface area contributed by atoms with Crippen molar-refractivity contribution in [1.29, 1.82) is 0 Å². The molecule has 1 aliphatic heterocycles. The van der Waals surface area contributed by atoms with E-state index >= 15 is 0 Å². The van der Waals surface area contributed by atoms with Gasteiger partial charge in [-0.2, -0.15) is 4.31 Å². The summed E-state index contributed by atoms with van der Waals surface area (Å²) in [4.78, 5) is 0.0158. The van der Waals surface area contributed by atoms with E-state index < -0.39 is 20.0 Å². The lowest BCUT2D eigenvalue weighted by molar-refractivity contribution is 0.397. The molecule has 1 aliphatic rings. The fraction of sp³-hybridized carbons (Fsp3) is 0.571. The summed E-state index contributed by atoms with van der Waals surface area (Å²) in [5.41, 5.74) is 5.87. The van der Waals surface area contributed by atoms with Gasteiger partial charge in [-0.05, 0) is 37.9 Å². The number of ether oxygens (including phenoxy) is 1. The molecule has 1 aromatic carbocycles. The zero-order chi connectivity index (χ0) is 18.0. The number of anilines is 1. The highest BCUT2D eigenvalue weighted by Crippen LogP contribution is 2.32. The minimum Gasteiger partial charge on any atom is -0.495 e. The zero-order valence-corrected chi connectivity index (χ0v) is 15.4. The molecule has 1 fully saturated rings. The van der Waals surface area contributed by atoms with Gasteiger partial charge in [0.1, 0.15) is 10.6 Å². The van der Waals surface area contributed by atoms with Crippen LogP contribution in [0.3, 0.4) is 0 Å². The van der Waals surface area contributed by atoms with E-state index in [9.17, 15) is 16.8 Å². The normalized spacial score (nSPS) is 19.4. The molecule has 1 heterocycles. The number of benzene rings is 1. The zero-order valence-electron chi connectivity index (χ0n) is 13.7. The summed E-state index contributed by atoms with van der Waals surface area (Å²) in [6, 6.07) is 4.15. The molecular formula is C14H23N3O5S2. The van der Waals surface area contributed by atoms with Gasteiger partial charge in [0, 0.05) is 19.2 Å². The van der Waals surface area contributed by atoms with E-state index in [1.165, 1.54) is 36.5 Å². The second-order valence-electron chi connectivity index (χ2n) is 5.62. The first kappa shape index (κ1) is 19.0. The summed E-state index contributed by atoms with van der Waals surface area (Å²) in [5, 5.41) is 0. The highest BCUT2D eigenvalue weighted by molar-refractivity contribution is 7.92. The monoisotopic (exact) mass is 377 g/mol. The second-order valence-corrected chi connectivity index (χ2v) is 9.54. The van der Waals surface area contributed by atoms with Crippen molar-refractivity contribution in [2.45, 2.75) is 18.2 Å². The van der Waals surface area contributed by atoms with Crippen LogP contribution in [0.25, 0.3) is 0 Å². The summed E-state index contributed by atoms with van der Waals surface area (Å²) in [5.74, 6) is 0.174. The number of nitrogens with two attached hydrogens (primary N) is 1. The van der Waals surface area contributed by atoms with Crippen LogP contribution < -0.4 is 15.2 Å². The van der Waals surface area contributed by atoms with E-state index in [4.69, 9.17) is 10.5 Å². The molecule has 1 aromatic rings. The van der Waals surface area contributed by atoms with Gasteiger partial charge >= 0.3 is 0 Å². The van der Waals surface area contributed by atoms with Crippen LogP contribution in [0, 0.1) is 5.92 Å². The molecule has 0 aromatic heterocycles. The molecule has 0 amide bonds. The smallest absolute Gasteiger partial charge is 0.246 e. The van der Waals surface area contributed by atoms with E-state index in [1.54, 1.807) is 0 Å². The van der Waals surface area contributed by atoms with Gasteiger partial charge in [-0.25, -0.2) is 16.8 Å². The molecule has 1 unspecified atom stereocenters. The molecule has 1 saturated heterocycles. The van der Waals surface area contributed by atoms with Crippen molar-refractivity contribution in [2.75, 3.05) is 37.2 Å². The van der Waals surface area contributed by atoms with Crippen LogP contribution >= 0.6 is 0 Å². The van der Waals surface area contributed by atoms with Crippen molar-refractivity contribution in [3.8, 4) is 5.75 Å². The topological polar surface area (TPSA) is 119 Å². The molecule has 3 N–H and O–H groups in total. The van der Waals surface area contributed by atoms with Crippen LogP contribution in [0.5, 0.6) is 5.75 Å². The van der Waals surface area contributed by atoms with Crippen LogP contribution in [-0.2, 0) is 20.0 Å². The quantitative estimate of drug-likeness (QED) is 0.711. The van der Waals surface area contributed by atoms with Crippen LogP contribution in [0.15, 0.2) is 23.1 Å². The summed E-state index contributed by atoms with van der Waals surface area (Å²) >= 11 is 0. The molecule has 0 saturated carbocycles. The van der Waals surface area contributed by atoms with Gasteiger partial charge in [0.15, 0.2) is 0 Å². The maximum absolute atomic E-state index is 12.8. The Bertz CT molecular complexity index is 793. The fourth-order valence-corrected chi connectivity index (χ4v) is 4.84. The molecule has 8 nitrogen and oxygen atoms in total. The average Bonchev–Trinajstić information content (AvgIpc) is 3.04. The van der Waals surface area contributed by atoms with Crippen LogP contribution in [-0.4, -0.2) is 53.6 Å². The van der Waals surface area contributed by atoms with Gasteiger partial charge in [-0.3, -0.25) is 4.72 Å². The van der Waals surface area contributed by atoms with Crippen LogP contribution in [0.2, 0.25) is 0 Å². The summed E-state index contributed by atoms with van der Waals surface area (Å²) in [6.45, 7) is 2.75. The molecule has 0 bridgehead atoms. The Balaban J connectivity index is 2.33. The number of nitrogens with zero attached hydrogens (tertiary/aromatic N) is 1. The minimum absolute atomic E-state index is 0.0158. The highest BCUT2D eigenvalue weighted by Gasteiger charge is 2.33. The third-order valence-electron chi connectivity index (χ3n) is 4.02. The van der Waals surface area contributed by atoms with Crippen LogP contribution in [0.4, 0.5) is 5.69 Å². The predicted octanol–water partition coefficient (Wildman–Crippen LogP) is 0.426. The van der Waals surface area contributed by atoms with Crippen molar-refractivity contribution in [2.24, 2.45) is 11.7 Å². The van der Waals surface area contributed by atoms with Crippen molar-refractivity contribution in [3.63, 3.8) is 0 Å². The number of rotatable bonds is 7. The molecule has 0 radical (unpaired) electrons. The Morgan fingerprint density at radius 2 is 2.04 bits per heavy atom. The van der Waals surface area contributed by atoms with Crippen molar-refractivity contribution >= 4 is 25.7 Å². The molecule has 10 heteroatoms. The summed E-state index contributed by atoms with van der Waals surface area (Å²) < 4.78 is 57.8. The minimum atomic E-state index is -3.71. The van der Waals surface area contributed by atoms with Crippen molar-refractivity contribution < 1.29 is 21.6 Å². The van der Waals surface area contributed by atoms with Gasteiger partial charge < -0.3 is 10.5 Å². The highest BCUT2D eigenvalue weighted by atomic mass is 32.2. The van der Waals surface area contributed by atoms with Crippen molar-refractivity contribution in [3.05, 3.63) is 18.2 Å². The lowest BCUT2D eigenvalue weighted by Gasteiger charge is -2.19. The Hall–Kier alpha value is -1.36. The molecule has 2 rings (SSSR count). The van der Waals surface area contributed by atoms with Gasteiger partial charge in [0.05, 0.1) is 18.6 Å². The predicted molar refractivity (Wildman–Crippen MR) is 92.0 cm³/mol. The summed E-state index contributed by atoms with van der Waals surface area (Å²) in [7, 11) is -5.82. The number of hydrogen-bond donors (Lipinski definition) is 2. The lowest BCUT2D eigenvalue weighted by atomic mass is 10.1. The molecule has 0 spiro atoms. The van der Waals surface area contributed by atoms with E-state index in [-0.39, 0.29) is 28.0 Å². The molecule has 1 atom stereocenters. The molecule has 136 valence electrons. The van der Waals surface area contributed by atoms with E-state index in [0.29, 0.717) is 19.6 Å². The first-order valence-corrected chi connectivity index (χ1v) is 10.7. The van der Waals surface area contributed by atoms with Gasteiger partial charge in [0.25, 0.3) is 0 Å². The number of hydrogen-bond acceptors (Lipinski definition) is 6. The van der Waals surface area contributed by atoms with E-state index in [1.807, 2.05) is 0 Å². The van der Waals surface area contributed by atoms with Gasteiger partial charge in [0.2, 0.25) is 20.0 Å². The Labute approximate surface area is 143 Å². The standard InChI is InChI=1S/C14H23N3O5S2/c1-3-23(18,19)16-12-4-5-14(13(8-12)22-2)24(20,21)17-7-6-11(9-15)10-17/h4-5,8,11,16H,3,6-7,9-10,15H2,1-2H3. The first-order chi connectivity index (χ1) is 11.2. The SMILES string of the molecule is CCS(=O)(=O)Nc1ccc(S(=O)(=O)N2CCC(CN)C2)c(OC)c1. The Kier molecular flexibility index (Phi) is 5.74. The van der Waals surface area contributed by atoms with E-state index in [2.05, 4.69) is 4.72 Å². The van der Waals surface area contributed by atoms with Gasteiger partial charge in [-0.15, -0.1) is 0 Å². The van der Waals surface area contributed by atoms with Gasteiger partial charge in [-0.1, -0.05) is 0 Å². The fourth-order valence-electron chi connectivity index (χ4n) is 2.54. The average molecular weight is 377 g/mol. The number of nitrogens with one attached hydrogen (secondary N) is 1. The first-order valence-electron chi connectivity index (χ1n) is 7.62. The Morgan fingerprint density at radius 3 is 2.58 bits per heavy atom. The van der Waals surface area contributed by atoms with Crippen molar-refractivity contribution in [1.82, 2.24) is 4.31 Å². The number of methoxy groups -OCH3 is 1.